The van der Waals surface area contributed by atoms with Crippen molar-refractivity contribution >= 4 is 11.8 Å². The van der Waals surface area contributed by atoms with Crippen molar-refractivity contribution in [2.75, 3.05) is 26.7 Å². The topological polar surface area (TPSA) is 59.1 Å². The number of ether oxygens (including phenoxy) is 2. The third-order valence-corrected chi connectivity index (χ3v) is 7.79. The highest BCUT2D eigenvalue weighted by atomic mass is 16.5. The summed E-state index contributed by atoms with van der Waals surface area (Å²) in [6, 6.07) is 15.4. The van der Waals surface area contributed by atoms with Gasteiger partial charge >= 0.3 is 0 Å². The maximum Gasteiger partial charge on any atom is 0.257 e. The minimum absolute atomic E-state index is 0.00932. The van der Waals surface area contributed by atoms with E-state index in [1.165, 1.54) is 0 Å². The van der Waals surface area contributed by atoms with Crippen molar-refractivity contribution in [1.82, 2.24) is 9.80 Å². The van der Waals surface area contributed by atoms with E-state index in [4.69, 9.17) is 9.47 Å². The number of amides is 2. The fourth-order valence-corrected chi connectivity index (χ4v) is 5.66. The fraction of sp³-hybridized carbons (Fsp3) is 0.548. The van der Waals surface area contributed by atoms with Gasteiger partial charge in [-0.05, 0) is 68.9 Å². The number of methoxy groups -OCH3 is 1. The predicted octanol–water partition coefficient (Wildman–Crippen LogP) is 5.88. The van der Waals surface area contributed by atoms with Gasteiger partial charge < -0.3 is 19.3 Å². The fourth-order valence-electron chi connectivity index (χ4n) is 5.66. The number of carbonyl (C=O) groups excluding carboxylic acids is 2. The first kappa shape index (κ1) is 27.0. The molecule has 0 N–H and O–H groups in total. The van der Waals surface area contributed by atoms with Crippen LogP contribution in [0.5, 0.6) is 11.5 Å². The minimum atomic E-state index is -0.122. The molecule has 200 valence electrons. The van der Waals surface area contributed by atoms with Crippen LogP contribution in [0.25, 0.3) is 0 Å². The van der Waals surface area contributed by atoms with Crippen LogP contribution in [0.3, 0.4) is 0 Å². The van der Waals surface area contributed by atoms with Crippen molar-refractivity contribution < 1.29 is 19.1 Å². The van der Waals surface area contributed by atoms with E-state index in [1.54, 1.807) is 7.11 Å². The Morgan fingerprint density at radius 3 is 2.38 bits per heavy atom. The summed E-state index contributed by atoms with van der Waals surface area (Å²) < 4.78 is 11.9. The maximum absolute atomic E-state index is 13.7. The Morgan fingerprint density at radius 2 is 1.62 bits per heavy atom. The van der Waals surface area contributed by atoms with E-state index in [9.17, 15) is 9.59 Å². The highest BCUT2D eigenvalue weighted by molar-refractivity contribution is 5.97. The summed E-state index contributed by atoms with van der Waals surface area (Å²) in [6.07, 6.45) is 9.49. The molecule has 6 nitrogen and oxygen atoms in total. The van der Waals surface area contributed by atoms with Crippen molar-refractivity contribution in [3.8, 4) is 11.5 Å². The lowest BCUT2D eigenvalue weighted by Gasteiger charge is -2.40. The second-order valence-corrected chi connectivity index (χ2v) is 10.3. The number of carbonyl (C=O) groups is 2. The van der Waals surface area contributed by atoms with Crippen molar-refractivity contribution in [3.05, 3.63) is 59.7 Å². The number of hydrogen-bond donors (Lipinski definition) is 0. The molecule has 0 saturated heterocycles. The number of hydrogen-bond acceptors (Lipinski definition) is 4. The van der Waals surface area contributed by atoms with Crippen LogP contribution in [0.2, 0.25) is 0 Å². The Labute approximate surface area is 221 Å². The van der Waals surface area contributed by atoms with Gasteiger partial charge in [0, 0.05) is 19.6 Å². The summed E-state index contributed by atoms with van der Waals surface area (Å²) in [6.45, 7) is 4.25. The van der Waals surface area contributed by atoms with Gasteiger partial charge in [0.2, 0.25) is 5.91 Å². The minimum Gasteiger partial charge on any atom is -0.497 e. The smallest absolute Gasteiger partial charge is 0.257 e. The van der Waals surface area contributed by atoms with Crippen molar-refractivity contribution in [2.24, 2.45) is 0 Å². The molecule has 0 aromatic heterocycles. The number of rotatable bonds is 4. The van der Waals surface area contributed by atoms with Gasteiger partial charge in [-0.1, -0.05) is 49.9 Å². The van der Waals surface area contributed by atoms with Crippen molar-refractivity contribution in [2.45, 2.75) is 83.3 Å². The van der Waals surface area contributed by atoms with Crippen LogP contribution in [0.1, 0.15) is 80.6 Å². The third kappa shape index (κ3) is 7.06. The summed E-state index contributed by atoms with van der Waals surface area (Å²) in [5, 5.41) is 0. The van der Waals surface area contributed by atoms with Gasteiger partial charge in [0.15, 0.2) is 0 Å². The SMILES string of the molecule is CCN1CCCCCCCN(C(=O)Cc2ccc(OC)cc2)[C@@H]2CCCC[C@@H]2Oc2ccccc2C1=O. The normalized spacial score (nSPS) is 21.6. The Bertz CT molecular complexity index is 1020. The van der Waals surface area contributed by atoms with Crippen LogP contribution in [-0.4, -0.2) is 60.5 Å². The molecule has 2 aliphatic rings. The molecule has 1 saturated carbocycles. The van der Waals surface area contributed by atoms with Gasteiger partial charge in [0.1, 0.15) is 17.6 Å². The molecule has 2 atom stereocenters. The van der Waals surface area contributed by atoms with E-state index in [-0.39, 0.29) is 24.0 Å². The molecule has 0 spiro atoms. The van der Waals surface area contributed by atoms with Crippen LogP contribution < -0.4 is 9.47 Å². The summed E-state index contributed by atoms with van der Waals surface area (Å²) in [4.78, 5) is 31.2. The van der Waals surface area contributed by atoms with Gasteiger partial charge in [0.25, 0.3) is 5.91 Å². The number of benzene rings is 2. The number of nitrogens with zero attached hydrogens (tertiary/aromatic N) is 2. The summed E-state index contributed by atoms with van der Waals surface area (Å²) in [5.41, 5.74) is 1.62. The van der Waals surface area contributed by atoms with Gasteiger partial charge in [-0.15, -0.1) is 0 Å². The monoisotopic (exact) mass is 506 g/mol. The average molecular weight is 507 g/mol. The van der Waals surface area contributed by atoms with Gasteiger partial charge in [0.05, 0.1) is 25.1 Å². The molecule has 6 heteroatoms. The zero-order valence-electron chi connectivity index (χ0n) is 22.5. The highest BCUT2D eigenvalue weighted by Gasteiger charge is 2.35. The zero-order chi connectivity index (χ0) is 26.0. The summed E-state index contributed by atoms with van der Waals surface area (Å²) >= 11 is 0. The quantitative estimate of drug-likeness (QED) is 0.519. The second-order valence-electron chi connectivity index (χ2n) is 10.3. The lowest BCUT2D eigenvalue weighted by molar-refractivity contribution is -0.136. The van der Waals surface area contributed by atoms with Crippen LogP contribution in [-0.2, 0) is 11.2 Å². The molecule has 1 fully saturated rings. The largest absolute Gasteiger partial charge is 0.497 e. The maximum atomic E-state index is 13.7. The number of fused-ring (bicyclic) bond motifs is 2. The molecular weight excluding hydrogens is 464 g/mol. The van der Waals surface area contributed by atoms with Crippen molar-refractivity contribution in [3.63, 3.8) is 0 Å². The Morgan fingerprint density at radius 1 is 0.919 bits per heavy atom. The molecule has 2 aromatic carbocycles. The molecule has 2 aromatic rings. The van der Waals surface area contributed by atoms with E-state index in [0.29, 0.717) is 24.3 Å². The first-order valence-electron chi connectivity index (χ1n) is 14.1. The van der Waals surface area contributed by atoms with Gasteiger partial charge in [-0.3, -0.25) is 9.59 Å². The van der Waals surface area contributed by atoms with E-state index in [1.807, 2.05) is 60.4 Å². The molecule has 1 aliphatic carbocycles. The third-order valence-electron chi connectivity index (χ3n) is 7.79. The molecule has 0 unspecified atom stereocenters. The molecule has 4 rings (SSSR count). The molecule has 2 amide bonds. The second kappa shape index (κ2) is 13.5. The van der Waals surface area contributed by atoms with Crippen LogP contribution in [0.15, 0.2) is 48.5 Å². The Kier molecular flexibility index (Phi) is 9.86. The first-order valence-corrected chi connectivity index (χ1v) is 14.1. The molecular formula is C31H42N2O4. The van der Waals surface area contributed by atoms with Crippen LogP contribution in [0, 0.1) is 0 Å². The Balaban J connectivity index is 1.60. The molecule has 37 heavy (non-hydrogen) atoms. The van der Waals surface area contributed by atoms with Gasteiger partial charge in [-0.25, -0.2) is 0 Å². The average Bonchev–Trinajstić information content (AvgIpc) is 2.93. The van der Waals surface area contributed by atoms with E-state index >= 15 is 0 Å². The lowest BCUT2D eigenvalue weighted by atomic mass is 9.90. The zero-order valence-corrected chi connectivity index (χ0v) is 22.5. The molecule has 1 heterocycles. The first-order chi connectivity index (χ1) is 18.1. The predicted molar refractivity (Wildman–Crippen MR) is 146 cm³/mol. The standard InChI is InChI=1S/C31H42N2O4/c1-3-32-21-11-5-4-6-12-22-33(30(34)23-24-17-19-25(36-2)20-18-24)27-14-8-10-16-29(27)37-28-15-9-7-13-26(28)31(32)35/h7,9,13,15,17-20,27,29H,3-6,8,10-12,14,16,21-23H2,1-2H3/t27-,29+/m1/s1. The summed E-state index contributed by atoms with van der Waals surface area (Å²) in [7, 11) is 1.65. The van der Waals surface area contributed by atoms with Gasteiger partial charge in [-0.2, -0.15) is 0 Å². The summed E-state index contributed by atoms with van der Waals surface area (Å²) in [5.74, 6) is 1.62. The highest BCUT2D eigenvalue weighted by Crippen LogP contribution is 2.31. The van der Waals surface area contributed by atoms with E-state index in [2.05, 4.69) is 4.90 Å². The van der Waals surface area contributed by atoms with Crippen molar-refractivity contribution in [1.29, 1.82) is 0 Å². The Hall–Kier alpha value is -3.02. The molecule has 1 aliphatic heterocycles. The van der Waals surface area contributed by atoms with Crippen LogP contribution >= 0.6 is 0 Å². The molecule has 0 radical (unpaired) electrons. The molecule has 0 bridgehead atoms. The van der Waals surface area contributed by atoms with E-state index < -0.39 is 0 Å². The van der Waals surface area contributed by atoms with Crippen LogP contribution in [0.4, 0.5) is 0 Å². The lowest BCUT2D eigenvalue weighted by Crippen LogP contribution is -2.51. The van der Waals surface area contributed by atoms with E-state index in [0.717, 1.165) is 82.2 Å². The number of para-hydroxylation sites is 1.